The molecule has 142 valence electrons. The highest BCUT2D eigenvalue weighted by Crippen LogP contribution is 2.32. The summed E-state index contributed by atoms with van der Waals surface area (Å²) in [7, 11) is 0. The van der Waals surface area contributed by atoms with Crippen molar-refractivity contribution in [2.24, 2.45) is 4.99 Å². The molecule has 1 unspecified atom stereocenters. The second-order valence-electron chi connectivity index (χ2n) is 6.84. The highest BCUT2D eigenvalue weighted by Gasteiger charge is 2.26. The molecule has 27 heavy (non-hydrogen) atoms. The highest BCUT2D eigenvalue weighted by molar-refractivity contribution is 6.33. The lowest BCUT2D eigenvalue weighted by molar-refractivity contribution is -0.117. The van der Waals surface area contributed by atoms with E-state index in [0.29, 0.717) is 10.8 Å². The first-order valence-corrected chi connectivity index (χ1v) is 9.84. The van der Waals surface area contributed by atoms with Gasteiger partial charge in [-0.2, -0.15) is 0 Å². The number of aliphatic imine (C=N–C) groups is 1. The third-order valence-corrected chi connectivity index (χ3v) is 5.42. The Bertz CT molecular complexity index is 894. The van der Waals surface area contributed by atoms with Crippen LogP contribution in [-0.2, 0) is 17.6 Å². The second kappa shape index (κ2) is 8.17. The number of nitrogens with zero attached hydrogens (tertiary/aromatic N) is 4. The summed E-state index contributed by atoms with van der Waals surface area (Å²) < 4.78 is 0. The zero-order chi connectivity index (χ0) is 19.6. The molecule has 3 rings (SSSR count). The van der Waals surface area contributed by atoms with Crippen molar-refractivity contribution in [3.05, 3.63) is 46.4 Å². The lowest BCUT2D eigenvalue weighted by Crippen LogP contribution is -2.40. The molecule has 1 aliphatic heterocycles. The summed E-state index contributed by atoms with van der Waals surface area (Å²) in [6.45, 7) is 7.80. The van der Waals surface area contributed by atoms with Gasteiger partial charge in [-0.05, 0) is 55.9 Å². The Labute approximate surface area is 165 Å². The van der Waals surface area contributed by atoms with E-state index in [4.69, 9.17) is 16.6 Å². The van der Waals surface area contributed by atoms with Crippen molar-refractivity contribution in [1.29, 1.82) is 0 Å². The zero-order valence-electron chi connectivity index (χ0n) is 16.3. The van der Waals surface area contributed by atoms with Gasteiger partial charge in [0.15, 0.2) is 5.82 Å². The predicted molar refractivity (Wildman–Crippen MR) is 110 cm³/mol. The minimum Gasteiger partial charge on any atom is -0.310 e. The molecular formula is C21H25ClN4O. The first kappa shape index (κ1) is 19.5. The van der Waals surface area contributed by atoms with Crippen LogP contribution >= 0.6 is 11.6 Å². The van der Waals surface area contributed by atoms with Crippen molar-refractivity contribution in [2.75, 3.05) is 4.90 Å². The van der Waals surface area contributed by atoms with Crippen LogP contribution in [0.25, 0.3) is 0 Å². The van der Waals surface area contributed by atoms with Crippen molar-refractivity contribution >= 4 is 34.7 Å². The van der Waals surface area contributed by atoms with Gasteiger partial charge in [0, 0.05) is 24.4 Å². The van der Waals surface area contributed by atoms with E-state index in [1.807, 2.05) is 24.0 Å². The molecule has 1 aromatic carbocycles. The number of rotatable bonds is 4. The van der Waals surface area contributed by atoms with Gasteiger partial charge in [0.1, 0.15) is 11.3 Å². The largest absolute Gasteiger partial charge is 0.310 e. The standard InChI is InChI=1S/C21H25ClN4O/c1-5-17(25-21-20(22)18(6-2)23-12-24-21)15-9-10-19-16(11-15)8-7-13(3)26(19)14(4)27/h9-13H,5-8H2,1-4H3/b25-17-. The molecule has 1 aromatic heterocycles. The Morgan fingerprint density at radius 1 is 1.33 bits per heavy atom. The molecule has 0 radical (unpaired) electrons. The van der Waals surface area contributed by atoms with Crippen LogP contribution in [0.3, 0.4) is 0 Å². The molecule has 1 aliphatic rings. The lowest BCUT2D eigenvalue weighted by Gasteiger charge is -2.34. The molecule has 0 saturated carbocycles. The molecular weight excluding hydrogens is 360 g/mol. The average molecular weight is 385 g/mol. The summed E-state index contributed by atoms with van der Waals surface area (Å²) in [6, 6.07) is 6.44. The molecule has 6 heteroatoms. The highest BCUT2D eigenvalue weighted by atomic mass is 35.5. The zero-order valence-corrected chi connectivity index (χ0v) is 17.0. The van der Waals surface area contributed by atoms with Gasteiger partial charge in [0.2, 0.25) is 5.91 Å². The third kappa shape index (κ3) is 3.88. The fourth-order valence-corrected chi connectivity index (χ4v) is 3.88. The SMILES string of the molecule is CC/C(=N/c1ncnc(CC)c1Cl)c1ccc2c(c1)CCC(C)N2C(C)=O. The third-order valence-electron chi connectivity index (χ3n) is 5.04. The number of aromatic nitrogens is 2. The van der Waals surface area contributed by atoms with Crippen molar-refractivity contribution < 1.29 is 4.79 Å². The number of anilines is 1. The Morgan fingerprint density at radius 3 is 2.78 bits per heavy atom. The van der Waals surface area contributed by atoms with Crippen molar-refractivity contribution in [1.82, 2.24) is 9.97 Å². The first-order valence-electron chi connectivity index (χ1n) is 9.46. The summed E-state index contributed by atoms with van der Waals surface area (Å²) in [4.78, 5) is 27.1. The molecule has 0 bridgehead atoms. The van der Waals surface area contributed by atoms with Gasteiger partial charge in [-0.1, -0.05) is 31.5 Å². The molecule has 0 N–H and O–H groups in total. The first-order chi connectivity index (χ1) is 13.0. The summed E-state index contributed by atoms with van der Waals surface area (Å²) >= 11 is 6.41. The number of carbonyl (C=O) groups is 1. The fraction of sp³-hybridized carbons (Fsp3) is 0.429. The molecule has 0 saturated heterocycles. The molecule has 2 heterocycles. The molecule has 0 fully saturated rings. The van der Waals surface area contributed by atoms with Gasteiger partial charge in [-0.15, -0.1) is 0 Å². The lowest BCUT2D eigenvalue weighted by atomic mass is 9.93. The van der Waals surface area contributed by atoms with E-state index in [1.165, 1.54) is 11.9 Å². The van der Waals surface area contributed by atoms with Crippen molar-refractivity contribution in [3.8, 4) is 0 Å². The summed E-state index contributed by atoms with van der Waals surface area (Å²) in [6.07, 6.45) is 4.93. The number of carbonyl (C=O) groups excluding carboxylic acids is 1. The Balaban J connectivity index is 2.02. The second-order valence-corrected chi connectivity index (χ2v) is 7.22. The van der Waals surface area contributed by atoms with Gasteiger partial charge in [0.05, 0.1) is 5.69 Å². The number of fused-ring (bicyclic) bond motifs is 1. The number of halogens is 1. The van der Waals surface area contributed by atoms with E-state index >= 15 is 0 Å². The van der Waals surface area contributed by atoms with E-state index in [0.717, 1.165) is 48.3 Å². The van der Waals surface area contributed by atoms with E-state index < -0.39 is 0 Å². The quantitative estimate of drug-likeness (QED) is 0.703. The topological polar surface area (TPSA) is 58.5 Å². The smallest absolute Gasteiger partial charge is 0.224 e. The number of aryl methyl sites for hydroxylation is 2. The normalized spacial score (nSPS) is 17.0. The number of hydrogen-bond acceptors (Lipinski definition) is 4. The molecule has 2 aromatic rings. The minimum atomic E-state index is 0.0837. The van der Waals surface area contributed by atoms with Gasteiger partial charge in [-0.25, -0.2) is 15.0 Å². The predicted octanol–water partition coefficient (Wildman–Crippen LogP) is 4.91. The van der Waals surface area contributed by atoms with Crippen LogP contribution in [-0.4, -0.2) is 27.6 Å². The van der Waals surface area contributed by atoms with Crippen LogP contribution in [0.5, 0.6) is 0 Å². The van der Waals surface area contributed by atoms with E-state index in [-0.39, 0.29) is 11.9 Å². The molecule has 5 nitrogen and oxygen atoms in total. The fourth-order valence-electron chi connectivity index (χ4n) is 3.61. The summed E-state index contributed by atoms with van der Waals surface area (Å²) in [5, 5.41) is 0.514. The molecule has 1 amide bonds. The monoisotopic (exact) mass is 384 g/mol. The number of amides is 1. The Hall–Kier alpha value is -2.27. The van der Waals surface area contributed by atoms with Crippen LogP contribution in [0.15, 0.2) is 29.5 Å². The van der Waals surface area contributed by atoms with Crippen LogP contribution in [0.1, 0.15) is 57.4 Å². The van der Waals surface area contributed by atoms with Gasteiger partial charge < -0.3 is 4.90 Å². The van der Waals surface area contributed by atoms with Gasteiger partial charge in [-0.3, -0.25) is 4.79 Å². The van der Waals surface area contributed by atoms with E-state index in [1.54, 1.807) is 6.92 Å². The van der Waals surface area contributed by atoms with Crippen LogP contribution < -0.4 is 4.90 Å². The van der Waals surface area contributed by atoms with Gasteiger partial charge >= 0.3 is 0 Å². The van der Waals surface area contributed by atoms with E-state index in [9.17, 15) is 4.79 Å². The number of benzene rings is 1. The van der Waals surface area contributed by atoms with Gasteiger partial charge in [0.25, 0.3) is 0 Å². The molecule has 0 aliphatic carbocycles. The van der Waals surface area contributed by atoms with Crippen molar-refractivity contribution in [2.45, 2.75) is 59.4 Å². The van der Waals surface area contributed by atoms with Crippen LogP contribution in [0.2, 0.25) is 5.02 Å². The Kier molecular flexibility index (Phi) is 5.90. The summed E-state index contributed by atoms with van der Waals surface area (Å²) in [5.41, 5.74) is 4.96. The summed E-state index contributed by atoms with van der Waals surface area (Å²) in [5.74, 6) is 0.595. The molecule has 1 atom stereocenters. The van der Waals surface area contributed by atoms with Crippen LogP contribution in [0.4, 0.5) is 11.5 Å². The maximum Gasteiger partial charge on any atom is 0.224 e. The number of hydrogen-bond donors (Lipinski definition) is 0. The van der Waals surface area contributed by atoms with E-state index in [2.05, 4.69) is 29.9 Å². The van der Waals surface area contributed by atoms with Crippen molar-refractivity contribution in [3.63, 3.8) is 0 Å². The minimum absolute atomic E-state index is 0.0837. The molecule has 0 spiro atoms. The van der Waals surface area contributed by atoms with Crippen LogP contribution in [0, 0.1) is 0 Å². The maximum atomic E-state index is 12.1. The average Bonchev–Trinajstić information content (AvgIpc) is 2.66. The maximum absolute atomic E-state index is 12.1. The Morgan fingerprint density at radius 2 is 2.11 bits per heavy atom.